The van der Waals surface area contributed by atoms with Crippen molar-refractivity contribution in [1.82, 2.24) is 49.1 Å². The monoisotopic (exact) mass is 1150 g/mol. The van der Waals surface area contributed by atoms with Crippen molar-refractivity contribution < 1.29 is 34.1 Å². The minimum atomic E-state index is -0.0632. The van der Waals surface area contributed by atoms with Crippen LogP contribution >= 0.6 is 0 Å². The third kappa shape index (κ3) is 12.1. The molecule has 10 rings (SSSR count). The van der Waals surface area contributed by atoms with Crippen molar-refractivity contribution in [1.29, 1.82) is 0 Å². The van der Waals surface area contributed by atoms with Crippen LogP contribution in [-0.2, 0) is 77.5 Å². The van der Waals surface area contributed by atoms with Crippen molar-refractivity contribution in [3.8, 4) is 22.7 Å². The Balaban J connectivity index is 0.000000225. The fourth-order valence-electron chi connectivity index (χ4n) is 9.67. The van der Waals surface area contributed by atoms with E-state index in [2.05, 4.69) is 252 Å². The molecular formula is C68H86Fe2N10. The van der Waals surface area contributed by atoms with Gasteiger partial charge in [-0.2, -0.15) is 21.2 Å². The van der Waals surface area contributed by atoms with Crippen molar-refractivity contribution in [3.05, 3.63) is 143 Å². The summed E-state index contributed by atoms with van der Waals surface area (Å²) >= 11 is 0. The summed E-state index contributed by atoms with van der Waals surface area (Å²) in [4.78, 5) is 10.6. The third-order valence-corrected chi connectivity index (χ3v) is 15.1. The minimum absolute atomic E-state index is 0. The number of benzene rings is 4. The third-order valence-electron chi connectivity index (χ3n) is 15.1. The van der Waals surface area contributed by atoms with Crippen LogP contribution in [-0.4, -0.2) is 39.1 Å². The Bertz CT molecular complexity index is 3380. The van der Waals surface area contributed by atoms with Crippen LogP contribution in [0.1, 0.15) is 211 Å². The normalized spacial score (nSPS) is 13.3. The molecule has 80 heavy (non-hydrogen) atoms. The number of aromatic nitrogens is 10. The molecule has 10 aromatic rings. The van der Waals surface area contributed by atoms with Crippen molar-refractivity contribution >= 4 is 43.6 Å². The van der Waals surface area contributed by atoms with Gasteiger partial charge in [0.15, 0.2) is 0 Å². The van der Waals surface area contributed by atoms with Crippen LogP contribution in [0.2, 0.25) is 0 Å². The molecule has 10 nitrogen and oxygen atoms in total. The second-order valence-electron chi connectivity index (χ2n) is 30.2. The summed E-state index contributed by atoms with van der Waals surface area (Å²) in [5, 5.41) is 24.5. The van der Waals surface area contributed by atoms with Gasteiger partial charge in [-0.1, -0.05) is 226 Å². The molecule has 4 aromatic carbocycles. The van der Waals surface area contributed by atoms with E-state index in [0.717, 1.165) is 89.1 Å². The Labute approximate surface area is 498 Å². The second-order valence-corrected chi connectivity index (χ2v) is 30.2. The standard InChI is InChI=1S/2C34H43N5.2Fe/c2*1-31(2,3)21-17-23-24-18-22(32(4,5)6)20-26(39-16-14-28(37-39)34(10,11)12)30(24)35-29(23)25(19-21)38-15-13-27(36-38)33(7,8)9;;/h2*13-15,17-20H,1-12H3;;/q2*-2;2*+2. The van der Waals surface area contributed by atoms with E-state index in [9.17, 15) is 0 Å². The van der Waals surface area contributed by atoms with Gasteiger partial charge in [0.05, 0.1) is 22.8 Å². The molecule has 12 heteroatoms. The maximum Gasteiger partial charge on any atom is 2.00 e. The smallest absolute Gasteiger partial charge is 0.664 e. The maximum atomic E-state index is 5.32. The average Bonchev–Trinajstić information content (AvgIpc) is 4.15. The molecule has 0 fully saturated rings. The molecule has 0 saturated heterocycles. The SMILES string of the molecule is CC(C)(C)c1cc(-n2[c-]cc(C(C)(C)C)n2)c2[n-]c3c(-n4ccc(C(C)(C)C)n4)cc(C(C)(C)C)cc3c2c1.CC(C)(C)c1cc(-n2[c-]cc(C(C)(C)C)n2)c2[n-]c3c(-n4ccc(C(C)(C)C)n4)cc(C(C)(C)C)cc3c2c1.[Fe+2].[Fe+2]. The second kappa shape index (κ2) is 20.7. The molecule has 0 aliphatic rings. The molecule has 0 aliphatic heterocycles. The minimum Gasteiger partial charge on any atom is -0.664 e. The first-order chi connectivity index (χ1) is 35.7. The summed E-state index contributed by atoms with van der Waals surface area (Å²) < 4.78 is 7.79. The predicted molar refractivity (Wildman–Crippen MR) is 325 cm³/mol. The van der Waals surface area contributed by atoms with E-state index in [0.29, 0.717) is 0 Å². The van der Waals surface area contributed by atoms with Crippen LogP contribution in [0.4, 0.5) is 0 Å². The van der Waals surface area contributed by atoms with E-state index in [1.165, 1.54) is 22.3 Å². The van der Waals surface area contributed by atoms with Crippen LogP contribution in [0.25, 0.3) is 66.4 Å². The molecule has 6 heterocycles. The number of fused-ring (bicyclic) bond motifs is 6. The van der Waals surface area contributed by atoms with Crippen LogP contribution < -0.4 is 9.97 Å². The molecule has 0 amide bonds. The molecule has 0 saturated carbocycles. The summed E-state index contributed by atoms with van der Waals surface area (Å²) in [5.41, 5.74) is 16.5. The summed E-state index contributed by atoms with van der Waals surface area (Å²) in [6, 6.07) is 26.5. The van der Waals surface area contributed by atoms with Gasteiger partial charge in [0.25, 0.3) is 0 Å². The van der Waals surface area contributed by atoms with Crippen molar-refractivity contribution in [2.45, 2.75) is 209 Å². The van der Waals surface area contributed by atoms with Gasteiger partial charge < -0.3 is 19.3 Å². The van der Waals surface area contributed by atoms with Crippen LogP contribution in [0.3, 0.4) is 0 Å². The van der Waals surface area contributed by atoms with Gasteiger partial charge in [0.2, 0.25) is 0 Å². The molecule has 0 atom stereocenters. The Morgan fingerprint density at radius 1 is 0.312 bits per heavy atom. The molecule has 0 spiro atoms. The zero-order valence-corrected chi connectivity index (χ0v) is 54.5. The molecule has 0 unspecified atom stereocenters. The summed E-state index contributed by atoms with van der Waals surface area (Å²) in [5.74, 6) is 0. The van der Waals surface area contributed by atoms with Gasteiger partial charge >= 0.3 is 34.1 Å². The van der Waals surface area contributed by atoms with Crippen molar-refractivity contribution in [2.24, 2.45) is 0 Å². The van der Waals surface area contributed by atoms with E-state index in [1.54, 1.807) is 0 Å². The van der Waals surface area contributed by atoms with E-state index >= 15 is 0 Å². The quantitative estimate of drug-likeness (QED) is 0.129. The maximum absolute atomic E-state index is 5.32. The van der Waals surface area contributed by atoms with Crippen LogP contribution in [0.15, 0.2) is 85.2 Å². The Kier molecular flexibility index (Phi) is 16.0. The summed E-state index contributed by atoms with van der Waals surface area (Å²) in [6.45, 7) is 53.4. The van der Waals surface area contributed by atoms with Crippen molar-refractivity contribution in [3.63, 3.8) is 0 Å². The number of rotatable bonds is 4. The van der Waals surface area contributed by atoms with Crippen LogP contribution in [0.5, 0.6) is 0 Å². The van der Waals surface area contributed by atoms with Gasteiger partial charge in [0.1, 0.15) is 0 Å². The number of nitrogens with zero attached hydrogens (tertiary/aromatic N) is 10. The molecule has 0 radical (unpaired) electrons. The fourth-order valence-corrected chi connectivity index (χ4v) is 9.67. The molecular weight excluding hydrogens is 1070 g/mol. The summed E-state index contributed by atoms with van der Waals surface area (Å²) in [6.07, 6.45) is 10.9. The fraction of sp³-hybridized carbons (Fsp3) is 0.471. The van der Waals surface area contributed by atoms with E-state index < -0.39 is 0 Å². The average molecular weight is 1160 g/mol. The Hall–Kier alpha value is -5.64. The number of hydrogen-bond acceptors (Lipinski definition) is 4. The largest absolute Gasteiger partial charge is 2.00 e. The van der Waals surface area contributed by atoms with Gasteiger partial charge in [-0.25, -0.2) is 9.36 Å². The number of hydrogen-bond donors (Lipinski definition) is 0. The van der Waals surface area contributed by atoms with Gasteiger partial charge in [-0.05, 0) is 112 Å². The topological polar surface area (TPSA) is 99.5 Å². The Morgan fingerprint density at radius 3 is 0.787 bits per heavy atom. The van der Waals surface area contributed by atoms with Gasteiger partial charge in [-0.3, -0.25) is 10.2 Å². The molecule has 424 valence electrons. The first-order valence-electron chi connectivity index (χ1n) is 28.0. The van der Waals surface area contributed by atoms with Crippen LogP contribution in [0, 0.1) is 12.4 Å². The Morgan fingerprint density at radius 2 is 0.562 bits per heavy atom. The predicted octanol–water partition coefficient (Wildman–Crippen LogP) is 16.6. The zero-order valence-electron chi connectivity index (χ0n) is 52.3. The van der Waals surface area contributed by atoms with E-state index in [-0.39, 0.29) is 77.5 Å². The first kappa shape index (κ1) is 62.0. The van der Waals surface area contributed by atoms with Gasteiger partial charge in [0, 0.05) is 23.2 Å². The molecule has 0 aliphatic carbocycles. The first-order valence-corrected chi connectivity index (χ1v) is 28.0. The summed E-state index contributed by atoms with van der Waals surface area (Å²) in [7, 11) is 0. The molecule has 0 bridgehead atoms. The van der Waals surface area contributed by atoms with Crippen molar-refractivity contribution in [2.75, 3.05) is 0 Å². The van der Waals surface area contributed by atoms with E-state index in [4.69, 9.17) is 30.4 Å². The molecule has 0 N–H and O–H groups in total. The van der Waals surface area contributed by atoms with E-state index in [1.807, 2.05) is 30.9 Å². The molecule has 6 aromatic heterocycles. The van der Waals surface area contributed by atoms with Gasteiger partial charge in [-0.15, -0.1) is 23.2 Å². The zero-order chi connectivity index (χ0) is 57.4.